The molecule has 0 bridgehead atoms. The average molecular weight is 567 g/mol. The number of fused-ring (bicyclic) bond motifs is 1. The third kappa shape index (κ3) is 5.96. The number of imidazole rings is 1. The van der Waals surface area contributed by atoms with Gasteiger partial charge < -0.3 is 29.9 Å². The smallest absolute Gasteiger partial charge is 0.459 e. The summed E-state index contributed by atoms with van der Waals surface area (Å²) in [5.74, 6) is 4.98. The topological polar surface area (TPSA) is 231 Å². The lowest BCUT2D eigenvalue weighted by atomic mass is 9.96. The number of carbonyl (C=O) groups is 1. The number of para-hydroxylation sites is 1. The summed E-state index contributed by atoms with van der Waals surface area (Å²) in [4.78, 5) is 24.5. The molecule has 3 heterocycles. The number of hydrazine groups is 1. The minimum absolute atomic E-state index is 0.000569. The predicted molar refractivity (Wildman–Crippen MR) is 138 cm³/mol. The van der Waals surface area contributed by atoms with Gasteiger partial charge in [-0.2, -0.15) is 15.1 Å². The number of benzene rings is 1. The van der Waals surface area contributed by atoms with Gasteiger partial charge in [-0.15, -0.1) is 0 Å². The van der Waals surface area contributed by atoms with Crippen LogP contribution in [0.4, 0.5) is 11.8 Å². The average Bonchev–Trinajstić information content (AvgIpc) is 3.41. The lowest BCUT2D eigenvalue weighted by Crippen LogP contribution is -2.44. The molecule has 16 nitrogen and oxygen atoms in total. The lowest BCUT2D eigenvalue weighted by molar-refractivity contribution is -0.144. The fourth-order valence-corrected chi connectivity index (χ4v) is 5.49. The van der Waals surface area contributed by atoms with E-state index in [0.717, 1.165) is 0 Å². The number of nitrogen functional groups attached to an aromatic ring is 2. The standard InChI is InChI=1S/C22H31N8O8P/c1-4-35-19(32)12(2)29-39(34,38-13-8-6-5-7-9-13)36-10-14-16(31)22(3,33)20(37-14)30-11-25-15-17(23)26-21(28-24)27-18(15)30/h5-9,11-12,14,16,20,31,33H,4,10,24H2,1-3H3,(H,29,34)(H3,23,26,27,28)/t12-,14+,16+,20+,22+,39?/m0/s1. The van der Waals surface area contributed by atoms with Crippen molar-refractivity contribution in [3.63, 3.8) is 0 Å². The second kappa shape index (κ2) is 11.4. The molecule has 212 valence electrons. The second-order valence-electron chi connectivity index (χ2n) is 8.90. The Hall–Kier alpha value is -3.37. The highest BCUT2D eigenvalue weighted by atomic mass is 31.2. The third-order valence-corrected chi connectivity index (χ3v) is 7.60. The quantitative estimate of drug-likeness (QED) is 0.0800. The molecule has 1 aliphatic heterocycles. The van der Waals surface area contributed by atoms with E-state index in [1.165, 1.54) is 24.7 Å². The summed E-state index contributed by atoms with van der Waals surface area (Å²) in [5, 5.41) is 24.7. The number of aromatic nitrogens is 4. The lowest BCUT2D eigenvalue weighted by Gasteiger charge is -2.27. The Balaban J connectivity index is 1.56. The summed E-state index contributed by atoms with van der Waals surface area (Å²) >= 11 is 0. The number of aliphatic hydroxyl groups is 2. The predicted octanol–water partition coefficient (Wildman–Crippen LogP) is 0.448. The highest BCUT2D eigenvalue weighted by molar-refractivity contribution is 7.52. The zero-order valence-corrected chi connectivity index (χ0v) is 22.3. The molecule has 4 rings (SSSR count). The normalized spacial score (nSPS) is 25.2. The zero-order valence-electron chi connectivity index (χ0n) is 21.4. The zero-order chi connectivity index (χ0) is 28.4. The second-order valence-corrected chi connectivity index (χ2v) is 10.6. The van der Waals surface area contributed by atoms with Crippen LogP contribution in [0.5, 0.6) is 5.75 Å². The van der Waals surface area contributed by atoms with Gasteiger partial charge in [-0.3, -0.25) is 19.3 Å². The Labute approximate surface area is 223 Å². The summed E-state index contributed by atoms with van der Waals surface area (Å²) in [7, 11) is -4.23. The number of anilines is 2. The molecule has 0 radical (unpaired) electrons. The summed E-state index contributed by atoms with van der Waals surface area (Å²) in [6, 6.07) is 7.11. The van der Waals surface area contributed by atoms with Crippen molar-refractivity contribution in [3.05, 3.63) is 36.7 Å². The maximum absolute atomic E-state index is 13.7. The van der Waals surface area contributed by atoms with Crippen LogP contribution in [-0.4, -0.2) is 72.8 Å². The van der Waals surface area contributed by atoms with Gasteiger partial charge >= 0.3 is 13.7 Å². The van der Waals surface area contributed by atoms with Crippen molar-refractivity contribution >= 4 is 36.6 Å². The van der Waals surface area contributed by atoms with Crippen LogP contribution in [0.1, 0.15) is 27.0 Å². The number of nitrogens with one attached hydrogen (secondary N) is 2. The van der Waals surface area contributed by atoms with Crippen LogP contribution in [0.3, 0.4) is 0 Å². The fourth-order valence-electron chi connectivity index (χ4n) is 3.99. The molecule has 6 atom stereocenters. The van der Waals surface area contributed by atoms with Crippen molar-refractivity contribution < 1.29 is 38.1 Å². The number of ether oxygens (including phenoxy) is 2. The van der Waals surface area contributed by atoms with Crippen LogP contribution in [0.15, 0.2) is 36.7 Å². The Morgan fingerprint density at radius 2 is 2.05 bits per heavy atom. The van der Waals surface area contributed by atoms with Gasteiger partial charge in [-0.05, 0) is 32.9 Å². The van der Waals surface area contributed by atoms with E-state index >= 15 is 0 Å². The number of nitrogens with zero attached hydrogens (tertiary/aromatic N) is 4. The summed E-state index contributed by atoms with van der Waals surface area (Å²) < 4.78 is 37.2. The van der Waals surface area contributed by atoms with E-state index in [0.29, 0.717) is 0 Å². The van der Waals surface area contributed by atoms with E-state index in [1.807, 2.05) is 0 Å². The number of rotatable bonds is 11. The summed E-state index contributed by atoms with van der Waals surface area (Å²) in [5.41, 5.74) is 6.74. The molecule has 1 saturated heterocycles. The van der Waals surface area contributed by atoms with Crippen molar-refractivity contribution in [1.29, 1.82) is 0 Å². The number of hydrogen-bond acceptors (Lipinski definition) is 14. The molecular weight excluding hydrogens is 535 g/mol. The van der Waals surface area contributed by atoms with Gasteiger partial charge in [0.25, 0.3) is 0 Å². The molecule has 1 aromatic carbocycles. The van der Waals surface area contributed by atoms with E-state index in [1.54, 1.807) is 37.3 Å². The molecule has 39 heavy (non-hydrogen) atoms. The monoisotopic (exact) mass is 566 g/mol. The molecule has 3 aromatic rings. The summed E-state index contributed by atoms with van der Waals surface area (Å²) in [6.45, 7) is 4.05. The third-order valence-electron chi connectivity index (χ3n) is 5.95. The molecule has 0 spiro atoms. The molecule has 0 saturated carbocycles. The van der Waals surface area contributed by atoms with Crippen molar-refractivity contribution in [2.45, 2.75) is 50.8 Å². The van der Waals surface area contributed by atoms with Crippen LogP contribution in [0, 0.1) is 0 Å². The fraction of sp³-hybridized carbons (Fsp3) is 0.455. The number of hydrogen-bond donors (Lipinski definition) is 6. The molecule has 8 N–H and O–H groups in total. The van der Waals surface area contributed by atoms with Gasteiger partial charge in [-0.25, -0.2) is 15.4 Å². The first-order valence-corrected chi connectivity index (χ1v) is 13.5. The van der Waals surface area contributed by atoms with Gasteiger partial charge in [0.15, 0.2) is 17.7 Å². The molecule has 2 aromatic heterocycles. The number of nitrogens with two attached hydrogens (primary N) is 2. The Bertz CT molecular complexity index is 1360. The van der Waals surface area contributed by atoms with E-state index in [2.05, 4.69) is 25.5 Å². The maximum Gasteiger partial charge on any atom is 0.459 e. The van der Waals surface area contributed by atoms with Crippen LogP contribution < -0.4 is 26.6 Å². The highest BCUT2D eigenvalue weighted by Gasteiger charge is 2.54. The molecule has 1 aliphatic rings. The minimum Gasteiger partial charge on any atom is -0.465 e. The van der Waals surface area contributed by atoms with Gasteiger partial charge in [0.05, 0.1) is 19.5 Å². The summed E-state index contributed by atoms with van der Waals surface area (Å²) in [6.07, 6.45) is -2.61. The molecule has 1 fully saturated rings. The molecule has 1 unspecified atom stereocenters. The number of carbonyl (C=O) groups excluding carboxylic acids is 1. The van der Waals surface area contributed by atoms with E-state index in [-0.39, 0.29) is 35.3 Å². The largest absolute Gasteiger partial charge is 0.465 e. The van der Waals surface area contributed by atoms with Gasteiger partial charge in [0, 0.05) is 0 Å². The molecular formula is C22H31N8O8P. The minimum atomic E-state index is -4.23. The maximum atomic E-state index is 13.7. The molecule has 0 aliphatic carbocycles. The van der Waals surface area contributed by atoms with Crippen molar-refractivity contribution in [2.75, 3.05) is 24.4 Å². The SMILES string of the molecule is CCOC(=O)[C@H](C)NP(=O)(OC[C@H]1O[C@@H](n2cnc3c(N)nc(NN)nc32)[C@](C)(O)[C@@H]1O)Oc1ccccc1. The van der Waals surface area contributed by atoms with Crippen LogP contribution in [0.2, 0.25) is 0 Å². The van der Waals surface area contributed by atoms with Crippen LogP contribution in [-0.2, 0) is 23.4 Å². The van der Waals surface area contributed by atoms with Crippen molar-refractivity contribution in [2.24, 2.45) is 5.84 Å². The first kappa shape index (κ1) is 28.6. The first-order valence-electron chi connectivity index (χ1n) is 11.9. The van der Waals surface area contributed by atoms with Gasteiger partial charge in [0.2, 0.25) is 5.95 Å². The van der Waals surface area contributed by atoms with Crippen LogP contribution >= 0.6 is 7.75 Å². The molecule has 17 heteroatoms. The van der Waals surface area contributed by atoms with Crippen molar-refractivity contribution in [1.82, 2.24) is 24.6 Å². The molecule has 0 amide bonds. The number of aliphatic hydroxyl groups excluding tert-OH is 1. The van der Waals surface area contributed by atoms with E-state index in [9.17, 15) is 19.6 Å². The Morgan fingerprint density at radius 3 is 2.72 bits per heavy atom. The van der Waals surface area contributed by atoms with Gasteiger partial charge in [-0.1, -0.05) is 18.2 Å². The Morgan fingerprint density at radius 1 is 1.33 bits per heavy atom. The van der Waals surface area contributed by atoms with E-state index in [4.69, 9.17) is 30.1 Å². The Kier molecular flexibility index (Phi) is 8.37. The first-order chi connectivity index (χ1) is 18.5. The highest BCUT2D eigenvalue weighted by Crippen LogP contribution is 2.47. The van der Waals surface area contributed by atoms with Gasteiger partial charge in [0.1, 0.15) is 35.1 Å². The number of esters is 1. The van der Waals surface area contributed by atoms with Crippen LogP contribution in [0.25, 0.3) is 11.2 Å². The van der Waals surface area contributed by atoms with E-state index < -0.39 is 50.4 Å². The van der Waals surface area contributed by atoms with Crippen molar-refractivity contribution in [3.8, 4) is 5.75 Å².